The van der Waals surface area contributed by atoms with E-state index in [0.717, 1.165) is 49.8 Å². The summed E-state index contributed by atoms with van der Waals surface area (Å²) in [7, 11) is 1.95. The van der Waals surface area contributed by atoms with E-state index in [-0.39, 0.29) is 16.6 Å². The Bertz CT molecular complexity index is 2100. The van der Waals surface area contributed by atoms with Crippen molar-refractivity contribution in [2.75, 3.05) is 0 Å². The Morgan fingerprint density at radius 3 is 1.82 bits per heavy atom. The maximum absolute atomic E-state index is 15.5. The number of nitriles is 1. The van der Waals surface area contributed by atoms with Crippen LogP contribution in [-0.4, -0.2) is 0 Å². The van der Waals surface area contributed by atoms with Crippen molar-refractivity contribution in [3.8, 4) is 39.6 Å². The van der Waals surface area contributed by atoms with Crippen molar-refractivity contribution in [3.05, 3.63) is 113 Å². The summed E-state index contributed by atoms with van der Waals surface area (Å²) in [5.41, 5.74) is 10.1. The minimum atomic E-state index is -0.325. The highest BCUT2D eigenvalue weighted by Gasteiger charge is 2.28. The van der Waals surface area contributed by atoms with Gasteiger partial charge in [0, 0.05) is 22.4 Å². The summed E-state index contributed by atoms with van der Waals surface area (Å²) < 4.78 is 24.2. The molecule has 44 heavy (non-hydrogen) atoms. The third-order valence-corrected chi connectivity index (χ3v) is 8.68. The third kappa shape index (κ3) is 4.97. The van der Waals surface area contributed by atoms with Gasteiger partial charge < -0.3 is 4.42 Å². The lowest BCUT2D eigenvalue weighted by molar-refractivity contribution is -0.661. The van der Waals surface area contributed by atoms with E-state index in [1.807, 2.05) is 57.6 Å². The average Bonchev–Trinajstić information content (AvgIpc) is 3.35. The first kappa shape index (κ1) is 29.3. The number of aryl methyl sites for hydroxylation is 2. The highest BCUT2D eigenvalue weighted by Crippen LogP contribution is 2.42. The van der Waals surface area contributed by atoms with Crippen molar-refractivity contribution in [1.82, 2.24) is 0 Å². The smallest absolute Gasteiger partial charge is 0.219 e. The number of pyridine rings is 1. The van der Waals surface area contributed by atoms with Crippen LogP contribution in [0, 0.1) is 24.1 Å². The second-order valence-corrected chi connectivity index (χ2v) is 13.9. The van der Waals surface area contributed by atoms with E-state index < -0.39 is 0 Å². The van der Waals surface area contributed by atoms with Crippen molar-refractivity contribution >= 4 is 21.9 Å². The zero-order valence-corrected chi connectivity index (χ0v) is 26.8. The Labute approximate surface area is 259 Å². The standard InChI is InChI=1S/C40H38FN2O/c1-24-9-19-30-31-20-16-28(22-42)36(27-12-10-25(11-13-27)26-14-17-29(18-15-26)39(2,3)4)38(31)44-37(30)35(24)34-21-33(41)32(23-43(34)8)40(5,6)7/h9-21,23H,1-8H3/q+1. The molecule has 220 valence electrons. The van der Waals surface area contributed by atoms with E-state index in [1.54, 1.807) is 6.07 Å². The lowest BCUT2D eigenvalue weighted by atomic mass is 9.86. The molecule has 0 aliphatic rings. The van der Waals surface area contributed by atoms with Gasteiger partial charge in [-0.05, 0) is 57.7 Å². The van der Waals surface area contributed by atoms with Crippen molar-refractivity contribution in [2.45, 2.75) is 59.3 Å². The second kappa shape index (κ2) is 10.5. The monoisotopic (exact) mass is 581 g/mol. The molecule has 6 aromatic rings. The number of aromatic nitrogens is 1. The van der Waals surface area contributed by atoms with Crippen molar-refractivity contribution < 1.29 is 13.4 Å². The summed E-state index contributed by atoms with van der Waals surface area (Å²) in [5.74, 6) is -0.237. The molecule has 0 saturated carbocycles. The van der Waals surface area contributed by atoms with E-state index in [4.69, 9.17) is 4.42 Å². The Hall–Kier alpha value is -4.75. The Morgan fingerprint density at radius 1 is 0.705 bits per heavy atom. The predicted octanol–water partition coefficient (Wildman–Crippen LogP) is 10.3. The van der Waals surface area contributed by atoms with Gasteiger partial charge in [-0.15, -0.1) is 0 Å². The normalized spacial score (nSPS) is 12.2. The van der Waals surface area contributed by atoms with Crippen LogP contribution in [0.2, 0.25) is 0 Å². The predicted molar refractivity (Wildman–Crippen MR) is 178 cm³/mol. The molecule has 3 nitrogen and oxygen atoms in total. The molecule has 4 heteroatoms. The number of rotatable bonds is 3. The van der Waals surface area contributed by atoms with E-state index >= 15 is 4.39 Å². The molecule has 0 aliphatic carbocycles. The Kier molecular flexibility index (Phi) is 6.97. The number of hydrogen-bond acceptors (Lipinski definition) is 2. The maximum Gasteiger partial charge on any atom is 0.219 e. The van der Waals surface area contributed by atoms with Gasteiger partial charge in [0.1, 0.15) is 24.0 Å². The van der Waals surface area contributed by atoms with Gasteiger partial charge in [-0.2, -0.15) is 5.26 Å². The number of benzene rings is 4. The largest absolute Gasteiger partial charge is 0.454 e. The van der Waals surface area contributed by atoms with Crippen LogP contribution in [0.3, 0.4) is 0 Å². The van der Waals surface area contributed by atoms with Crippen LogP contribution in [0.1, 0.15) is 63.8 Å². The average molecular weight is 582 g/mol. The van der Waals surface area contributed by atoms with E-state index in [1.165, 1.54) is 5.56 Å². The third-order valence-electron chi connectivity index (χ3n) is 8.68. The van der Waals surface area contributed by atoms with Gasteiger partial charge in [-0.1, -0.05) is 102 Å². The van der Waals surface area contributed by atoms with Crippen LogP contribution in [0.5, 0.6) is 0 Å². The highest BCUT2D eigenvalue weighted by atomic mass is 19.1. The summed E-state index contributed by atoms with van der Waals surface area (Å²) in [6.45, 7) is 14.7. The molecule has 0 N–H and O–H groups in total. The van der Waals surface area contributed by atoms with Gasteiger partial charge in [-0.3, -0.25) is 0 Å². The summed E-state index contributed by atoms with van der Waals surface area (Å²) in [4.78, 5) is 0. The molecular formula is C40H38FN2O+. The number of nitrogens with zero attached hydrogens (tertiary/aromatic N) is 2. The van der Waals surface area contributed by atoms with Crippen molar-refractivity contribution in [2.24, 2.45) is 7.05 Å². The molecule has 4 aromatic carbocycles. The lowest BCUT2D eigenvalue weighted by Crippen LogP contribution is -2.34. The first-order valence-electron chi connectivity index (χ1n) is 15.1. The molecule has 0 bridgehead atoms. The summed E-state index contributed by atoms with van der Waals surface area (Å²) in [6.07, 6.45) is 1.88. The number of furan rings is 1. The molecular weight excluding hydrogens is 543 g/mol. The SMILES string of the molecule is Cc1ccc2c(oc3c(-c4ccc(-c5ccc(C(C)(C)C)cc5)cc4)c(C#N)ccc32)c1-c1cc(F)c(C(C)(C)C)c[n+]1C. The summed E-state index contributed by atoms with van der Waals surface area (Å²) >= 11 is 0. The first-order chi connectivity index (χ1) is 20.8. The van der Waals surface area contributed by atoms with E-state index in [2.05, 4.69) is 87.5 Å². The zero-order valence-electron chi connectivity index (χ0n) is 26.8. The maximum atomic E-state index is 15.5. The van der Waals surface area contributed by atoms with Gasteiger partial charge in [0.2, 0.25) is 5.69 Å². The van der Waals surface area contributed by atoms with Crippen LogP contribution in [0.25, 0.3) is 55.4 Å². The minimum Gasteiger partial charge on any atom is -0.454 e. The van der Waals surface area contributed by atoms with Gasteiger partial charge in [0.25, 0.3) is 0 Å². The van der Waals surface area contributed by atoms with Gasteiger partial charge in [0.15, 0.2) is 6.20 Å². The van der Waals surface area contributed by atoms with E-state index in [9.17, 15) is 5.26 Å². The Balaban J connectivity index is 1.52. The molecule has 0 fully saturated rings. The summed E-state index contributed by atoms with van der Waals surface area (Å²) in [6, 6.07) is 28.9. The van der Waals surface area contributed by atoms with Crippen molar-refractivity contribution in [3.63, 3.8) is 0 Å². The van der Waals surface area contributed by atoms with Gasteiger partial charge >= 0.3 is 0 Å². The Morgan fingerprint density at radius 2 is 1.25 bits per heavy atom. The summed E-state index contributed by atoms with van der Waals surface area (Å²) in [5, 5.41) is 12.0. The molecule has 0 saturated heterocycles. The zero-order chi connectivity index (χ0) is 31.6. The molecule has 2 aromatic heterocycles. The molecule has 0 spiro atoms. The van der Waals surface area contributed by atoms with Crippen LogP contribution < -0.4 is 4.57 Å². The number of hydrogen-bond donors (Lipinski definition) is 0. The first-order valence-corrected chi connectivity index (χ1v) is 15.1. The quantitative estimate of drug-likeness (QED) is 0.195. The molecule has 0 amide bonds. The minimum absolute atomic E-state index is 0.0984. The fourth-order valence-electron chi connectivity index (χ4n) is 6.12. The van der Waals surface area contributed by atoms with Crippen LogP contribution >= 0.6 is 0 Å². The second-order valence-electron chi connectivity index (χ2n) is 13.9. The van der Waals surface area contributed by atoms with Crippen LogP contribution in [-0.2, 0) is 17.9 Å². The highest BCUT2D eigenvalue weighted by molar-refractivity contribution is 6.14. The fourth-order valence-corrected chi connectivity index (χ4v) is 6.12. The molecule has 0 aliphatic heterocycles. The lowest BCUT2D eigenvalue weighted by Gasteiger charge is -2.19. The van der Waals surface area contributed by atoms with Crippen LogP contribution in [0.4, 0.5) is 4.39 Å². The molecule has 6 rings (SSSR count). The topological polar surface area (TPSA) is 40.8 Å². The van der Waals surface area contributed by atoms with Crippen LogP contribution in [0.15, 0.2) is 89.5 Å². The number of halogens is 1. The molecule has 0 radical (unpaired) electrons. The van der Waals surface area contributed by atoms with E-state index in [0.29, 0.717) is 22.3 Å². The molecule has 0 unspecified atom stereocenters. The molecule has 0 atom stereocenters. The molecule has 2 heterocycles. The van der Waals surface area contributed by atoms with Gasteiger partial charge in [-0.25, -0.2) is 8.96 Å². The van der Waals surface area contributed by atoms with Crippen molar-refractivity contribution in [1.29, 1.82) is 5.26 Å². The fraction of sp³-hybridized carbons (Fsp3) is 0.250. The van der Waals surface area contributed by atoms with Gasteiger partial charge in [0.05, 0.1) is 22.8 Å². The number of fused-ring (bicyclic) bond motifs is 3.